The predicted octanol–water partition coefficient (Wildman–Crippen LogP) is 1.42. The Hall–Kier alpha value is -1.56. The van der Waals surface area contributed by atoms with E-state index in [1.54, 1.807) is 0 Å². The van der Waals surface area contributed by atoms with Crippen molar-refractivity contribution in [2.75, 3.05) is 17.6 Å². The van der Waals surface area contributed by atoms with Crippen LogP contribution < -0.4 is 11.1 Å². The first-order chi connectivity index (χ1) is 7.68. The highest BCUT2D eigenvalue weighted by Gasteiger charge is 2.06. The van der Waals surface area contributed by atoms with Crippen molar-refractivity contribution in [3.8, 4) is 0 Å². The molecule has 0 unspecified atom stereocenters. The summed E-state index contributed by atoms with van der Waals surface area (Å²) in [6, 6.07) is 2.02. The van der Waals surface area contributed by atoms with Gasteiger partial charge in [0.2, 0.25) is 0 Å². The first-order valence-electron chi connectivity index (χ1n) is 5.11. The van der Waals surface area contributed by atoms with E-state index in [2.05, 4.69) is 14.8 Å². The van der Waals surface area contributed by atoms with Gasteiger partial charge in [-0.3, -0.25) is 4.68 Å². The monoisotopic (exact) mass is 237 g/mol. The topological polar surface area (TPSA) is 68.8 Å². The molecule has 0 amide bonds. The molecule has 0 spiro atoms. The van der Waals surface area contributed by atoms with E-state index in [1.165, 1.54) is 17.2 Å². The highest BCUT2D eigenvalue weighted by atomic mass is 32.1. The fourth-order valence-electron chi connectivity index (χ4n) is 1.46. The van der Waals surface area contributed by atoms with E-state index in [-0.39, 0.29) is 0 Å². The Morgan fingerprint density at radius 2 is 2.38 bits per heavy atom. The van der Waals surface area contributed by atoms with Crippen LogP contribution in [-0.4, -0.2) is 20.7 Å². The highest BCUT2D eigenvalue weighted by Crippen LogP contribution is 2.24. The molecule has 2 rings (SSSR count). The fourth-order valence-corrected chi connectivity index (χ4v) is 2.20. The molecule has 0 saturated heterocycles. The van der Waals surface area contributed by atoms with E-state index in [0.717, 1.165) is 23.5 Å². The number of anilines is 2. The molecule has 16 heavy (non-hydrogen) atoms. The quantitative estimate of drug-likeness (QED) is 0.844. The number of hydrogen-bond donors (Lipinski definition) is 2. The van der Waals surface area contributed by atoms with Crippen LogP contribution in [0.25, 0.3) is 0 Å². The first-order valence-corrected chi connectivity index (χ1v) is 5.88. The van der Waals surface area contributed by atoms with Gasteiger partial charge in [-0.05, 0) is 24.5 Å². The van der Waals surface area contributed by atoms with Gasteiger partial charge in [-0.2, -0.15) is 9.47 Å². The average molecular weight is 237 g/mol. The van der Waals surface area contributed by atoms with Crippen molar-refractivity contribution in [3.05, 3.63) is 23.5 Å². The van der Waals surface area contributed by atoms with Crippen molar-refractivity contribution in [2.24, 2.45) is 7.05 Å². The van der Waals surface area contributed by atoms with Crippen molar-refractivity contribution in [3.63, 3.8) is 0 Å². The number of nitrogens with two attached hydrogens (primary N) is 1. The molecule has 0 aliphatic heterocycles. The Morgan fingerprint density at radius 1 is 1.56 bits per heavy atom. The van der Waals surface area contributed by atoms with Gasteiger partial charge in [0.15, 0.2) is 0 Å². The summed E-state index contributed by atoms with van der Waals surface area (Å²) in [5.41, 5.74) is 7.92. The minimum atomic E-state index is 0.619. The van der Waals surface area contributed by atoms with E-state index < -0.39 is 0 Å². The van der Waals surface area contributed by atoms with Gasteiger partial charge in [-0.25, -0.2) is 0 Å². The molecule has 0 saturated carbocycles. The third kappa shape index (κ3) is 2.16. The molecule has 0 aliphatic rings. The molecule has 6 heteroatoms. The predicted molar refractivity (Wildman–Crippen MR) is 66.7 cm³/mol. The van der Waals surface area contributed by atoms with Crippen LogP contribution >= 0.6 is 11.5 Å². The highest BCUT2D eigenvalue weighted by molar-refractivity contribution is 7.10. The summed E-state index contributed by atoms with van der Waals surface area (Å²) in [5, 5.41) is 8.51. The Morgan fingerprint density at radius 3 is 2.94 bits per heavy atom. The summed E-state index contributed by atoms with van der Waals surface area (Å²) in [7, 11) is 1.95. The lowest BCUT2D eigenvalue weighted by atomic mass is 10.3. The Kier molecular flexibility index (Phi) is 3.09. The number of nitrogen functional groups attached to an aromatic ring is 1. The summed E-state index contributed by atoms with van der Waals surface area (Å²) in [6.45, 7) is 2.84. The molecule has 2 heterocycles. The van der Waals surface area contributed by atoms with Crippen LogP contribution in [0.3, 0.4) is 0 Å². The second-order valence-electron chi connectivity index (χ2n) is 3.64. The van der Waals surface area contributed by atoms with E-state index in [0.29, 0.717) is 5.82 Å². The lowest BCUT2D eigenvalue weighted by Crippen LogP contribution is -2.08. The molecular weight excluding hydrogens is 222 g/mol. The number of aryl methyl sites for hydroxylation is 1. The van der Waals surface area contributed by atoms with E-state index >= 15 is 0 Å². The number of nitrogens with zero attached hydrogens (tertiary/aromatic N) is 3. The van der Waals surface area contributed by atoms with Crippen LogP contribution in [0.15, 0.2) is 12.3 Å². The number of nitrogens with one attached hydrogen (secondary N) is 1. The van der Waals surface area contributed by atoms with Crippen LogP contribution in [-0.2, 0) is 13.5 Å². The number of rotatable bonds is 4. The maximum absolute atomic E-state index is 5.68. The Bertz CT molecular complexity index is 473. The summed E-state index contributed by atoms with van der Waals surface area (Å²) in [4.78, 5) is 0. The van der Waals surface area contributed by atoms with Crippen LogP contribution in [0.2, 0.25) is 0 Å². The largest absolute Gasteiger partial charge is 0.383 e. The van der Waals surface area contributed by atoms with Crippen molar-refractivity contribution in [1.82, 2.24) is 14.2 Å². The molecule has 5 nitrogen and oxygen atoms in total. The normalized spacial score (nSPS) is 10.6. The maximum Gasteiger partial charge on any atom is 0.142 e. The molecule has 2 aromatic rings. The Balaban J connectivity index is 1.89. The third-order valence-electron chi connectivity index (χ3n) is 2.55. The second kappa shape index (κ2) is 4.52. The molecule has 3 N–H and O–H groups in total. The van der Waals surface area contributed by atoms with Crippen LogP contribution in [0.5, 0.6) is 0 Å². The number of aromatic nitrogens is 3. The van der Waals surface area contributed by atoms with Gasteiger partial charge in [0.05, 0.1) is 0 Å². The lowest BCUT2D eigenvalue weighted by molar-refractivity contribution is 0.711. The minimum absolute atomic E-state index is 0.619. The van der Waals surface area contributed by atoms with E-state index in [4.69, 9.17) is 5.73 Å². The van der Waals surface area contributed by atoms with Gasteiger partial charge in [-0.15, -0.1) is 0 Å². The van der Waals surface area contributed by atoms with Crippen LogP contribution in [0.1, 0.15) is 11.3 Å². The molecule has 0 aromatic carbocycles. The van der Waals surface area contributed by atoms with E-state index in [9.17, 15) is 0 Å². The summed E-state index contributed by atoms with van der Waals surface area (Å²) in [6.07, 6.45) is 2.75. The first kappa shape index (κ1) is 10.9. The molecule has 0 bridgehead atoms. The zero-order valence-electron chi connectivity index (χ0n) is 9.40. The summed E-state index contributed by atoms with van der Waals surface area (Å²) < 4.78 is 5.97. The summed E-state index contributed by atoms with van der Waals surface area (Å²) >= 11 is 1.41. The SMILES string of the molecule is Cc1c(N)nsc1NCCc1ccnn1C. The second-order valence-corrected chi connectivity index (χ2v) is 4.42. The van der Waals surface area contributed by atoms with Crippen molar-refractivity contribution in [1.29, 1.82) is 0 Å². The van der Waals surface area contributed by atoms with Crippen molar-refractivity contribution >= 4 is 22.4 Å². The molecular formula is C10H15N5S. The zero-order valence-corrected chi connectivity index (χ0v) is 10.2. The van der Waals surface area contributed by atoms with Gasteiger partial charge >= 0.3 is 0 Å². The molecule has 0 fully saturated rings. The number of hydrogen-bond acceptors (Lipinski definition) is 5. The van der Waals surface area contributed by atoms with Gasteiger partial charge in [0.1, 0.15) is 10.8 Å². The standard InChI is InChI=1S/C10H15N5S/c1-7-9(11)14-16-10(7)12-5-3-8-4-6-13-15(8)2/h4,6,12H,3,5H2,1-2H3,(H2,11,14). The Labute approximate surface area is 98.4 Å². The smallest absolute Gasteiger partial charge is 0.142 e. The molecule has 2 aromatic heterocycles. The van der Waals surface area contributed by atoms with E-state index in [1.807, 2.05) is 30.9 Å². The average Bonchev–Trinajstić information content (AvgIpc) is 2.80. The van der Waals surface area contributed by atoms with Gasteiger partial charge in [-0.1, -0.05) is 0 Å². The van der Waals surface area contributed by atoms with Crippen molar-refractivity contribution < 1.29 is 0 Å². The molecule has 0 radical (unpaired) electrons. The van der Waals surface area contributed by atoms with Gasteiger partial charge < -0.3 is 11.1 Å². The molecule has 0 atom stereocenters. The molecule has 86 valence electrons. The molecule has 0 aliphatic carbocycles. The van der Waals surface area contributed by atoms with Gasteiger partial charge in [0, 0.05) is 37.5 Å². The third-order valence-corrected chi connectivity index (χ3v) is 3.47. The lowest BCUT2D eigenvalue weighted by Gasteiger charge is -2.04. The van der Waals surface area contributed by atoms with Crippen LogP contribution in [0, 0.1) is 6.92 Å². The summed E-state index contributed by atoms with van der Waals surface area (Å²) in [5.74, 6) is 0.619. The fraction of sp³-hybridized carbons (Fsp3) is 0.400. The maximum atomic E-state index is 5.68. The van der Waals surface area contributed by atoms with Gasteiger partial charge in [0.25, 0.3) is 0 Å². The van der Waals surface area contributed by atoms with Crippen LogP contribution in [0.4, 0.5) is 10.8 Å². The van der Waals surface area contributed by atoms with Crippen molar-refractivity contribution in [2.45, 2.75) is 13.3 Å². The minimum Gasteiger partial charge on any atom is -0.383 e. The zero-order chi connectivity index (χ0) is 11.5.